The first-order valence-corrected chi connectivity index (χ1v) is 9.48. The molecule has 0 radical (unpaired) electrons. The molecule has 2 aromatic heterocycles. The molecule has 0 atom stereocenters. The summed E-state index contributed by atoms with van der Waals surface area (Å²) < 4.78 is 43.4. The van der Waals surface area contributed by atoms with Crippen molar-refractivity contribution in [2.24, 2.45) is 0 Å². The molecule has 4 rings (SSSR count). The summed E-state index contributed by atoms with van der Waals surface area (Å²) in [4.78, 5) is 20.1. The van der Waals surface area contributed by atoms with Gasteiger partial charge in [0.2, 0.25) is 5.88 Å². The van der Waals surface area contributed by atoms with Crippen molar-refractivity contribution in [2.45, 2.75) is 24.6 Å². The van der Waals surface area contributed by atoms with Crippen molar-refractivity contribution in [2.75, 3.05) is 12.8 Å². The summed E-state index contributed by atoms with van der Waals surface area (Å²) in [5.74, 6) is 0.179. The third-order valence-electron chi connectivity index (χ3n) is 5.29. The maximum atomic E-state index is 12.8. The summed E-state index contributed by atoms with van der Waals surface area (Å²) in [6.07, 6.45) is -0.407. The van der Waals surface area contributed by atoms with Gasteiger partial charge in [0.05, 0.1) is 18.2 Å². The first-order chi connectivity index (χ1) is 14.7. The summed E-state index contributed by atoms with van der Waals surface area (Å²) in [6.45, 7) is 0. The number of ether oxygens (including phenoxy) is 1. The molecule has 31 heavy (non-hydrogen) atoms. The second kappa shape index (κ2) is 7.57. The molecular formula is C22H19F3N4O2. The van der Waals surface area contributed by atoms with E-state index in [1.54, 1.807) is 24.3 Å². The molecule has 9 heteroatoms. The van der Waals surface area contributed by atoms with Gasteiger partial charge >= 0.3 is 6.18 Å². The number of nitrogens with one attached hydrogen (secondary N) is 1. The largest absolute Gasteiger partial charge is 0.481 e. The molecule has 1 aromatic carbocycles. The lowest BCUT2D eigenvalue weighted by Crippen LogP contribution is -2.34. The van der Waals surface area contributed by atoms with Gasteiger partial charge in [0.25, 0.3) is 5.91 Å². The average molecular weight is 428 g/mol. The predicted molar refractivity (Wildman–Crippen MR) is 108 cm³/mol. The van der Waals surface area contributed by atoms with Gasteiger partial charge in [0.1, 0.15) is 5.69 Å². The molecule has 0 aliphatic heterocycles. The Morgan fingerprint density at radius 1 is 1.10 bits per heavy atom. The SMILES string of the molecule is COc1ccc(C(=O)NC2(c3ccc(-c4cnc(C(F)(F)F)cc4N)cc3)CC2)cn1. The topological polar surface area (TPSA) is 90.1 Å². The molecule has 0 spiro atoms. The fourth-order valence-electron chi connectivity index (χ4n) is 3.37. The Balaban J connectivity index is 1.52. The zero-order chi connectivity index (χ0) is 22.2. The van der Waals surface area contributed by atoms with Gasteiger partial charge in [-0.05, 0) is 36.1 Å². The Hall–Kier alpha value is -3.62. The molecule has 0 unspecified atom stereocenters. The lowest BCUT2D eigenvalue weighted by Gasteiger charge is -2.19. The minimum absolute atomic E-state index is 0.00322. The van der Waals surface area contributed by atoms with E-state index < -0.39 is 17.4 Å². The molecule has 1 fully saturated rings. The number of benzene rings is 1. The van der Waals surface area contributed by atoms with Crippen molar-refractivity contribution in [1.29, 1.82) is 0 Å². The van der Waals surface area contributed by atoms with Gasteiger partial charge in [-0.2, -0.15) is 13.2 Å². The van der Waals surface area contributed by atoms with Crippen LogP contribution in [0.4, 0.5) is 18.9 Å². The van der Waals surface area contributed by atoms with Crippen molar-refractivity contribution in [3.05, 3.63) is 71.7 Å². The number of hydrogen-bond donors (Lipinski definition) is 2. The van der Waals surface area contributed by atoms with Crippen molar-refractivity contribution in [1.82, 2.24) is 15.3 Å². The average Bonchev–Trinajstić information content (AvgIpc) is 3.54. The summed E-state index contributed by atoms with van der Waals surface area (Å²) in [6, 6.07) is 11.3. The van der Waals surface area contributed by atoms with Crippen molar-refractivity contribution < 1.29 is 22.7 Å². The number of aromatic nitrogens is 2. The fourth-order valence-corrected chi connectivity index (χ4v) is 3.37. The maximum Gasteiger partial charge on any atom is 0.433 e. The number of hydrogen-bond acceptors (Lipinski definition) is 5. The number of nitrogens with two attached hydrogens (primary N) is 1. The number of pyridine rings is 2. The van der Waals surface area contributed by atoms with Crippen LogP contribution < -0.4 is 15.8 Å². The quantitative estimate of drug-likeness (QED) is 0.637. The number of alkyl halides is 3. The molecule has 0 bridgehead atoms. The minimum atomic E-state index is -4.55. The van der Waals surface area contributed by atoms with E-state index in [9.17, 15) is 18.0 Å². The standard InChI is InChI=1S/C22H19F3N4O2/c1-31-19-7-4-14(11-28-19)20(30)29-21(8-9-21)15-5-2-13(3-6-15)16-12-27-18(10-17(16)26)22(23,24)25/h2-7,10-12H,8-9H2,1H3,(H2,26,27)(H,29,30). The number of amides is 1. The van der Waals surface area contributed by atoms with Crippen LogP contribution >= 0.6 is 0 Å². The van der Waals surface area contributed by atoms with E-state index in [2.05, 4.69) is 15.3 Å². The maximum absolute atomic E-state index is 12.8. The highest BCUT2D eigenvalue weighted by atomic mass is 19.4. The predicted octanol–water partition coefficient (Wildman–Crippen LogP) is 4.17. The number of anilines is 1. The van der Waals surface area contributed by atoms with E-state index >= 15 is 0 Å². The number of methoxy groups -OCH3 is 1. The van der Waals surface area contributed by atoms with Crippen LogP contribution in [0.5, 0.6) is 5.88 Å². The molecule has 160 valence electrons. The van der Waals surface area contributed by atoms with Gasteiger partial charge in [0.15, 0.2) is 0 Å². The number of halogens is 3. The van der Waals surface area contributed by atoms with Gasteiger partial charge in [0, 0.05) is 29.7 Å². The molecule has 1 aliphatic rings. The molecule has 2 heterocycles. The van der Waals surface area contributed by atoms with Crippen LogP contribution in [0.1, 0.15) is 34.5 Å². The zero-order valence-corrected chi connectivity index (χ0v) is 16.5. The van der Waals surface area contributed by atoms with Crippen LogP contribution in [0.15, 0.2) is 54.9 Å². The first kappa shape index (κ1) is 20.6. The summed E-state index contributed by atoms with van der Waals surface area (Å²) in [5, 5.41) is 3.05. The normalized spacial score (nSPS) is 14.7. The number of carbonyl (C=O) groups is 1. The molecule has 3 N–H and O–H groups in total. The van der Waals surface area contributed by atoms with E-state index in [1.165, 1.54) is 13.3 Å². The van der Waals surface area contributed by atoms with Gasteiger partial charge in [-0.15, -0.1) is 0 Å². The summed E-state index contributed by atoms with van der Waals surface area (Å²) in [7, 11) is 1.50. The molecule has 1 saturated carbocycles. The highest BCUT2D eigenvalue weighted by molar-refractivity contribution is 5.94. The fraction of sp³-hybridized carbons (Fsp3) is 0.227. The minimum Gasteiger partial charge on any atom is -0.481 e. The van der Waals surface area contributed by atoms with Crippen LogP contribution in [0.25, 0.3) is 11.1 Å². The van der Waals surface area contributed by atoms with Gasteiger partial charge in [-0.1, -0.05) is 24.3 Å². The van der Waals surface area contributed by atoms with Crippen molar-refractivity contribution in [3.8, 4) is 17.0 Å². The van der Waals surface area contributed by atoms with Crippen LogP contribution in [-0.4, -0.2) is 23.0 Å². The zero-order valence-electron chi connectivity index (χ0n) is 16.5. The molecule has 6 nitrogen and oxygen atoms in total. The van der Waals surface area contributed by atoms with E-state index in [4.69, 9.17) is 10.5 Å². The van der Waals surface area contributed by atoms with Crippen molar-refractivity contribution >= 4 is 11.6 Å². The van der Waals surface area contributed by atoms with Gasteiger partial charge in [-0.3, -0.25) is 9.78 Å². The van der Waals surface area contributed by atoms with Gasteiger partial charge in [-0.25, -0.2) is 4.98 Å². The number of rotatable bonds is 5. The highest BCUT2D eigenvalue weighted by Gasteiger charge is 2.45. The Morgan fingerprint density at radius 3 is 2.32 bits per heavy atom. The Kier molecular flexibility index (Phi) is 5.04. The second-order valence-corrected chi connectivity index (χ2v) is 7.36. The van der Waals surface area contributed by atoms with Crippen molar-refractivity contribution in [3.63, 3.8) is 0 Å². The van der Waals surface area contributed by atoms with Crippen LogP contribution in [0.2, 0.25) is 0 Å². The number of carbonyl (C=O) groups excluding carboxylic acids is 1. The number of nitrogens with zero attached hydrogens (tertiary/aromatic N) is 2. The number of nitrogen functional groups attached to an aromatic ring is 1. The smallest absolute Gasteiger partial charge is 0.433 e. The Bertz CT molecular complexity index is 1110. The lowest BCUT2D eigenvalue weighted by molar-refractivity contribution is -0.141. The molecule has 1 amide bonds. The van der Waals surface area contributed by atoms with Crippen LogP contribution in [-0.2, 0) is 11.7 Å². The molecule has 3 aromatic rings. The third kappa shape index (κ3) is 4.16. The first-order valence-electron chi connectivity index (χ1n) is 9.48. The lowest BCUT2D eigenvalue weighted by atomic mass is 9.99. The molecule has 0 saturated heterocycles. The Morgan fingerprint density at radius 2 is 1.81 bits per heavy atom. The second-order valence-electron chi connectivity index (χ2n) is 7.36. The Labute approximate surface area is 176 Å². The van der Waals surface area contributed by atoms with E-state index in [1.807, 2.05) is 12.1 Å². The summed E-state index contributed by atoms with van der Waals surface area (Å²) >= 11 is 0. The third-order valence-corrected chi connectivity index (χ3v) is 5.29. The van der Waals surface area contributed by atoms with Crippen LogP contribution in [0, 0.1) is 0 Å². The van der Waals surface area contributed by atoms with E-state index in [-0.39, 0.29) is 11.6 Å². The summed E-state index contributed by atoms with van der Waals surface area (Å²) in [5.41, 5.74) is 6.71. The van der Waals surface area contributed by atoms with Gasteiger partial charge < -0.3 is 15.8 Å². The van der Waals surface area contributed by atoms with Crippen LogP contribution in [0.3, 0.4) is 0 Å². The highest BCUT2D eigenvalue weighted by Crippen LogP contribution is 2.46. The monoisotopic (exact) mass is 428 g/mol. The molecule has 1 aliphatic carbocycles. The van der Waals surface area contributed by atoms with E-state index in [0.717, 1.165) is 30.7 Å². The van der Waals surface area contributed by atoms with E-state index in [0.29, 0.717) is 22.6 Å². The molecular weight excluding hydrogens is 409 g/mol.